The van der Waals surface area contributed by atoms with Crippen molar-refractivity contribution >= 4 is 23.2 Å². The minimum Gasteiger partial charge on any atom is -0.398 e. The van der Waals surface area contributed by atoms with Gasteiger partial charge in [0, 0.05) is 19.3 Å². The van der Waals surface area contributed by atoms with Gasteiger partial charge in [-0.05, 0) is 19.1 Å². The number of halogens is 1. The minimum absolute atomic E-state index is 0.189. The van der Waals surface area contributed by atoms with Crippen molar-refractivity contribution in [3.05, 3.63) is 40.9 Å². The van der Waals surface area contributed by atoms with Crippen LogP contribution in [-0.4, -0.2) is 24.4 Å². The highest BCUT2D eigenvalue weighted by molar-refractivity contribution is 6.34. The first-order valence-corrected chi connectivity index (χ1v) is 5.25. The van der Waals surface area contributed by atoms with E-state index in [-0.39, 0.29) is 5.91 Å². The molecule has 1 rings (SSSR count). The average Bonchev–Trinajstić information content (AvgIpc) is 2.16. The molecule has 0 unspecified atom stereocenters. The summed E-state index contributed by atoms with van der Waals surface area (Å²) in [5.74, 6) is -0.189. The Morgan fingerprint density at radius 1 is 1.56 bits per heavy atom. The van der Waals surface area contributed by atoms with E-state index in [0.717, 1.165) is 5.57 Å². The van der Waals surface area contributed by atoms with Crippen molar-refractivity contribution in [3.8, 4) is 0 Å². The number of amides is 1. The van der Waals surface area contributed by atoms with Crippen LogP contribution >= 0.6 is 11.6 Å². The number of nitrogens with zero attached hydrogens (tertiary/aromatic N) is 1. The molecule has 0 atom stereocenters. The highest BCUT2D eigenvalue weighted by atomic mass is 35.5. The van der Waals surface area contributed by atoms with Crippen molar-refractivity contribution in [2.75, 3.05) is 19.3 Å². The summed E-state index contributed by atoms with van der Waals surface area (Å²) < 4.78 is 0. The second-order valence-electron chi connectivity index (χ2n) is 3.82. The fraction of sp³-hybridized carbons (Fsp3) is 0.250. The van der Waals surface area contributed by atoms with Gasteiger partial charge >= 0.3 is 0 Å². The Kier molecular flexibility index (Phi) is 3.96. The molecule has 0 aliphatic carbocycles. The first kappa shape index (κ1) is 12.6. The third-order valence-electron chi connectivity index (χ3n) is 2.11. The standard InChI is InChI=1S/C12H15ClN2O/c1-8(2)7-15(3)12(16)11-9(13)5-4-6-10(11)14/h4-6H,1,7,14H2,2-3H3. The molecule has 0 heterocycles. The smallest absolute Gasteiger partial charge is 0.257 e. The summed E-state index contributed by atoms with van der Waals surface area (Å²) in [5, 5.41) is 0.374. The summed E-state index contributed by atoms with van der Waals surface area (Å²) >= 11 is 5.96. The molecule has 0 radical (unpaired) electrons. The molecule has 16 heavy (non-hydrogen) atoms. The average molecular weight is 239 g/mol. The zero-order chi connectivity index (χ0) is 12.3. The van der Waals surface area contributed by atoms with Crippen molar-refractivity contribution in [1.82, 2.24) is 4.90 Å². The van der Waals surface area contributed by atoms with Crippen molar-refractivity contribution in [2.45, 2.75) is 6.92 Å². The van der Waals surface area contributed by atoms with Gasteiger partial charge in [-0.2, -0.15) is 0 Å². The van der Waals surface area contributed by atoms with E-state index in [0.29, 0.717) is 22.8 Å². The summed E-state index contributed by atoms with van der Waals surface area (Å²) in [6.45, 7) is 6.11. The van der Waals surface area contributed by atoms with Gasteiger partial charge in [0.25, 0.3) is 5.91 Å². The molecule has 0 bridgehead atoms. The van der Waals surface area contributed by atoms with Gasteiger partial charge in [-0.15, -0.1) is 0 Å². The zero-order valence-electron chi connectivity index (χ0n) is 9.46. The molecule has 4 heteroatoms. The van der Waals surface area contributed by atoms with Crippen molar-refractivity contribution in [3.63, 3.8) is 0 Å². The third kappa shape index (κ3) is 2.76. The maximum Gasteiger partial charge on any atom is 0.257 e. The molecular weight excluding hydrogens is 224 g/mol. The first-order chi connectivity index (χ1) is 7.43. The van der Waals surface area contributed by atoms with E-state index >= 15 is 0 Å². The highest BCUT2D eigenvalue weighted by Gasteiger charge is 2.17. The van der Waals surface area contributed by atoms with E-state index in [1.807, 2.05) is 6.92 Å². The number of hydrogen-bond donors (Lipinski definition) is 1. The highest BCUT2D eigenvalue weighted by Crippen LogP contribution is 2.23. The lowest BCUT2D eigenvalue weighted by atomic mass is 10.1. The molecule has 0 fully saturated rings. The fourth-order valence-electron chi connectivity index (χ4n) is 1.43. The number of carbonyl (C=O) groups is 1. The minimum atomic E-state index is -0.189. The number of nitrogens with two attached hydrogens (primary N) is 1. The van der Waals surface area contributed by atoms with Crippen LogP contribution in [0.5, 0.6) is 0 Å². The fourth-order valence-corrected chi connectivity index (χ4v) is 1.70. The molecule has 2 N–H and O–H groups in total. The predicted molar refractivity (Wildman–Crippen MR) is 67.6 cm³/mol. The normalized spacial score (nSPS) is 9.94. The Balaban J connectivity index is 3.00. The Morgan fingerprint density at radius 2 is 2.19 bits per heavy atom. The number of rotatable bonds is 3. The van der Waals surface area contributed by atoms with Crippen LogP contribution in [0.2, 0.25) is 5.02 Å². The van der Waals surface area contributed by atoms with Gasteiger partial charge in [-0.25, -0.2) is 0 Å². The molecule has 1 amide bonds. The molecule has 0 saturated carbocycles. The molecule has 0 aliphatic heterocycles. The van der Waals surface area contributed by atoms with Crippen LogP contribution in [0.15, 0.2) is 30.4 Å². The maximum absolute atomic E-state index is 12.0. The van der Waals surface area contributed by atoms with E-state index in [1.54, 1.807) is 30.1 Å². The predicted octanol–water partition coefficient (Wildman–Crippen LogP) is 2.57. The van der Waals surface area contributed by atoms with Gasteiger partial charge < -0.3 is 10.6 Å². The lowest BCUT2D eigenvalue weighted by Gasteiger charge is -2.18. The first-order valence-electron chi connectivity index (χ1n) is 4.87. The second kappa shape index (κ2) is 5.03. The molecule has 3 nitrogen and oxygen atoms in total. The number of anilines is 1. The molecule has 1 aromatic rings. The van der Waals surface area contributed by atoms with E-state index < -0.39 is 0 Å². The topological polar surface area (TPSA) is 46.3 Å². The van der Waals surface area contributed by atoms with Crippen LogP contribution in [0.1, 0.15) is 17.3 Å². The molecule has 0 spiro atoms. The summed E-state index contributed by atoms with van der Waals surface area (Å²) in [7, 11) is 1.69. The van der Waals surface area contributed by atoms with E-state index in [9.17, 15) is 4.79 Å². The van der Waals surface area contributed by atoms with Crippen LogP contribution in [0.4, 0.5) is 5.69 Å². The van der Waals surface area contributed by atoms with Crippen LogP contribution in [0.25, 0.3) is 0 Å². The Bertz CT molecular complexity index is 409. The van der Waals surface area contributed by atoms with Gasteiger partial charge in [0.2, 0.25) is 0 Å². The van der Waals surface area contributed by atoms with E-state index in [2.05, 4.69) is 6.58 Å². The van der Waals surface area contributed by atoms with Crippen LogP contribution in [0.3, 0.4) is 0 Å². The number of hydrogen-bond acceptors (Lipinski definition) is 2. The Labute approximate surface area is 100 Å². The van der Waals surface area contributed by atoms with Crippen molar-refractivity contribution < 1.29 is 4.79 Å². The number of likely N-dealkylation sites (N-methyl/N-ethyl adjacent to an activating group) is 1. The number of benzene rings is 1. The lowest BCUT2D eigenvalue weighted by Crippen LogP contribution is -2.29. The van der Waals surface area contributed by atoms with Crippen LogP contribution in [0, 0.1) is 0 Å². The van der Waals surface area contributed by atoms with Gasteiger partial charge in [-0.3, -0.25) is 4.79 Å². The second-order valence-corrected chi connectivity index (χ2v) is 4.23. The van der Waals surface area contributed by atoms with Crippen LogP contribution < -0.4 is 5.73 Å². The molecule has 0 aliphatic rings. The van der Waals surface area contributed by atoms with E-state index in [4.69, 9.17) is 17.3 Å². The molecule has 86 valence electrons. The van der Waals surface area contributed by atoms with Crippen molar-refractivity contribution in [2.24, 2.45) is 0 Å². The van der Waals surface area contributed by atoms with Gasteiger partial charge in [-0.1, -0.05) is 29.8 Å². The van der Waals surface area contributed by atoms with E-state index in [1.165, 1.54) is 0 Å². The van der Waals surface area contributed by atoms with Gasteiger partial charge in [0.05, 0.1) is 10.6 Å². The number of carbonyl (C=O) groups excluding carboxylic acids is 1. The Hall–Kier alpha value is -1.48. The zero-order valence-corrected chi connectivity index (χ0v) is 10.2. The Morgan fingerprint density at radius 3 is 2.69 bits per heavy atom. The van der Waals surface area contributed by atoms with Crippen LogP contribution in [-0.2, 0) is 0 Å². The molecule has 1 aromatic carbocycles. The maximum atomic E-state index is 12.0. The molecule has 0 aromatic heterocycles. The molecular formula is C12H15ClN2O. The monoisotopic (exact) mass is 238 g/mol. The summed E-state index contributed by atoms with van der Waals surface area (Å²) in [6, 6.07) is 5.03. The quantitative estimate of drug-likeness (QED) is 0.650. The van der Waals surface area contributed by atoms with Gasteiger partial charge in [0.15, 0.2) is 0 Å². The SMILES string of the molecule is C=C(C)CN(C)C(=O)c1c(N)cccc1Cl. The third-order valence-corrected chi connectivity index (χ3v) is 2.43. The largest absolute Gasteiger partial charge is 0.398 e. The molecule has 0 saturated heterocycles. The number of nitrogen functional groups attached to an aromatic ring is 1. The lowest BCUT2D eigenvalue weighted by molar-refractivity contribution is 0.0808. The summed E-state index contributed by atoms with van der Waals surface area (Å²) in [5.41, 5.74) is 7.39. The van der Waals surface area contributed by atoms with Crippen molar-refractivity contribution in [1.29, 1.82) is 0 Å². The summed E-state index contributed by atoms with van der Waals surface area (Å²) in [6.07, 6.45) is 0. The summed E-state index contributed by atoms with van der Waals surface area (Å²) in [4.78, 5) is 13.6. The van der Waals surface area contributed by atoms with Gasteiger partial charge in [0.1, 0.15) is 0 Å².